The smallest absolute Gasteiger partial charge is 0.0192 e. The molecule has 0 fully saturated rings. The third-order valence-electron chi connectivity index (χ3n) is 3.83. The fraction of sp³-hybridized carbons (Fsp3) is 1.00. The van der Waals surface area contributed by atoms with Gasteiger partial charge in [-0.05, 0) is 12.8 Å². The van der Waals surface area contributed by atoms with E-state index in [2.05, 4.69) is 13.8 Å². The topological polar surface area (TPSA) is 52.0 Å². The average molecular weight is 256 g/mol. The van der Waals surface area contributed by atoms with Crippen molar-refractivity contribution in [3.8, 4) is 0 Å². The second-order valence-electron chi connectivity index (χ2n) is 5.73. The van der Waals surface area contributed by atoms with Crippen LogP contribution in [-0.4, -0.2) is 12.1 Å². The van der Waals surface area contributed by atoms with Gasteiger partial charge in [0.15, 0.2) is 0 Å². The summed E-state index contributed by atoms with van der Waals surface area (Å²) in [7, 11) is 0. The van der Waals surface area contributed by atoms with Gasteiger partial charge in [0.25, 0.3) is 0 Å². The van der Waals surface area contributed by atoms with E-state index in [1.54, 1.807) is 0 Å². The van der Waals surface area contributed by atoms with Crippen molar-refractivity contribution >= 4 is 0 Å². The van der Waals surface area contributed by atoms with Gasteiger partial charge in [0.05, 0.1) is 0 Å². The van der Waals surface area contributed by atoms with E-state index in [9.17, 15) is 0 Å². The Bertz CT molecular complexity index is 159. The number of rotatable bonds is 13. The van der Waals surface area contributed by atoms with Crippen molar-refractivity contribution in [3.05, 3.63) is 0 Å². The molecule has 18 heavy (non-hydrogen) atoms. The van der Waals surface area contributed by atoms with Crippen LogP contribution in [0.15, 0.2) is 0 Å². The summed E-state index contributed by atoms with van der Waals surface area (Å²) in [5.41, 5.74) is 12.3. The standard InChI is InChI=1S/C16H36N2/c1-3-5-7-9-10-12-14-16(18)15(17)13-11-8-6-4-2/h15-16H,3-14,17-18H2,1-2H3. The normalized spacial score (nSPS) is 14.7. The van der Waals surface area contributed by atoms with E-state index in [0.717, 1.165) is 12.8 Å². The van der Waals surface area contributed by atoms with Gasteiger partial charge in [-0.1, -0.05) is 78.1 Å². The van der Waals surface area contributed by atoms with E-state index in [4.69, 9.17) is 11.5 Å². The maximum absolute atomic E-state index is 6.15. The van der Waals surface area contributed by atoms with Crippen LogP contribution >= 0.6 is 0 Å². The van der Waals surface area contributed by atoms with Gasteiger partial charge in [0, 0.05) is 12.1 Å². The summed E-state index contributed by atoms with van der Waals surface area (Å²) < 4.78 is 0. The summed E-state index contributed by atoms with van der Waals surface area (Å²) >= 11 is 0. The Balaban J connectivity index is 3.35. The second-order valence-corrected chi connectivity index (χ2v) is 5.73. The van der Waals surface area contributed by atoms with Crippen molar-refractivity contribution in [3.63, 3.8) is 0 Å². The summed E-state index contributed by atoms with van der Waals surface area (Å²) in [5.74, 6) is 0. The van der Waals surface area contributed by atoms with Crippen LogP contribution in [0.1, 0.15) is 90.9 Å². The zero-order chi connectivity index (χ0) is 13.6. The lowest BCUT2D eigenvalue weighted by molar-refractivity contribution is 0.431. The van der Waals surface area contributed by atoms with E-state index >= 15 is 0 Å². The number of hydrogen-bond donors (Lipinski definition) is 2. The Labute approximate surface area is 115 Å². The molecule has 0 aromatic carbocycles. The molecule has 0 rings (SSSR count). The van der Waals surface area contributed by atoms with Crippen molar-refractivity contribution < 1.29 is 0 Å². The molecule has 2 nitrogen and oxygen atoms in total. The Morgan fingerprint density at radius 2 is 0.889 bits per heavy atom. The molecule has 110 valence electrons. The highest BCUT2D eigenvalue weighted by Crippen LogP contribution is 2.12. The number of hydrogen-bond acceptors (Lipinski definition) is 2. The second kappa shape index (κ2) is 13.4. The maximum Gasteiger partial charge on any atom is 0.0192 e. The van der Waals surface area contributed by atoms with Crippen molar-refractivity contribution in [1.82, 2.24) is 0 Å². The van der Waals surface area contributed by atoms with E-state index in [1.165, 1.54) is 64.2 Å². The molecular weight excluding hydrogens is 220 g/mol. The van der Waals surface area contributed by atoms with E-state index in [1.807, 2.05) is 0 Å². The SMILES string of the molecule is CCCCCCCCC(N)C(N)CCCCCC. The Morgan fingerprint density at radius 1 is 0.556 bits per heavy atom. The summed E-state index contributed by atoms with van der Waals surface area (Å²) in [6.45, 7) is 4.50. The molecule has 0 bridgehead atoms. The molecular formula is C16H36N2. The molecule has 2 heteroatoms. The molecule has 0 saturated carbocycles. The van der Waals surface area contributed by atoms with Crippen molar-refractivity contribution in [2.45, 2.75) is 103 Å². The lowest BCUT2D eigenvalue weighted by atomic mass is 9.97. The van der Waals surface area contributed by atoms with Crippen molar-refractivity contribution in [1.29, 1.82) is 0 Å². The van der Waals surface area contributed by atoms with Gasteiger partial charge in [-0.3, -0.25) is 0 Å². The minimum atomic E-state index is 0.220. The van der Waals surface area contributed by atoms with Crippen LogP contribution in [0.3, 0.4) is 0 Å². The molecule has 2 unspecified atom stereocenters. The molecule has 0 aliphatic carbocycles. The third-order valence-corrected chi connectivity index (χ3v) is 3.83. The van der Waals surface area contributed by atoms with Gasteiger partial charge in [-0.2, -0.15) is 0 Å². The number of unbranched alkanes of at least 4 members (excludes halogenated alkanes) is 8. The lowest BCUT2D eigenvalue weighted by Gasteiger charge is -2.19. The first-order chi connectivity index (χ1) is 8.72. The quantitative estimate of drug-likeness (QED) is 0.481. The van der Waals surface area contributed by atoms with Crippen LogP contribution in [-0.2, 0) is 0 Å². The van der Waals surface area contributed by atoms with Crippen LogP contribution in [0.5, 0.6) is 0 Å². The first-order valence-corrected chi connectivity index (χ1v) is 8.23. The van der Waals surface area contributed by atoms with Crippen LogP contribution < -0.4 is 11.5 Å². The summed E-state index contributed by atoms with van der Waals surface area (Å²) in [4.78, 5) is 0. The first-order valence-electron chi connectivity index (χ1n) is 8.23. The molecule has 0 aliphatic heterocycles. The highest BCUT2D eigenvalue weighted by molar-refractivity contribution is 4.75. The van der Waals surface area contributed by atoms with Crippen LogP contribution in [0.2, 0.25) is 0 Å². The summed E-state index contributed by atoms with van der Waals surface area (Å²) in [6, 6.07) is 0.440. The average Bonchev–Trinajstić information content (AvgIpc) is 2.38. The molecule has 0 heterocycles. The summed E-state index contributed by atoms with van der Waals surface area (Å²) in [6.07, 6.45) is 15.4. The third kappa shape index (κ3) is 11.0. The molecule has 0 amide bonds. The Kier molecular flexibility index (Phi) is 13.3. The largest absolute Gasteiger partial charge is 0.326 e. The van der Waals surface area contributed by atoms with Crippen LogP contribution in [0, 0.1) is 0 Å². The van der Waals surface area contributed by atoms with Gasteiger partial charge in [0.2, 0.25) is 0 Å². The minimum absolute atomic E-state index is 0.220. The molecule has 0 radical (unpaired) electrons. The zero-order valence-corrected chi connectivity index (χ0v) is 12.8. The fourth-order valence-corrected chi connectivity index (χ4v) is 2.40. The van der Waals surface area contributed by atoms with E-state index < -0.39 is 0 Å². The molecule has 2 atom stereocenters. The number of nitrogens with two attached hydrogens (primary N) is 2. The fourth-order valence-electron chi connectivity index (χ4n) is 2.40. The maximum atomic E-state index is 6.15. The monoisotopic (exact) mass is 256 g/mol. The Morgan fingerprint density at radius 3 is 1.33 bits per heavy atom. The molecule has 0 saturated heterocycles. The van der Waals surface area contributed by atoms with E-state index in [0.29, 0.717) is 0 Å². The first kappa shape index (κ1) is 17.9. The van der Waals surface area contributed by atoms with E-state index in [-0.39, 0.29) is 12.1 Å². The van der Waals surface area contributed by atoms with Gasteiger partial charge in [-0.25, -0.2) is 0 Å². The highest BCUT2D eigenvalue weighted by atomic mass is 14.8. The zero-order valence-electron chi connectivity index (χ0n) is 12.8. The molecule has 4 N–H and O–H groups in total. The molecule has 0 spiro atoms. The predicted molar refractivity (Wildman–Crippen MR) is 82.7 cm³/mol. The highest BCUT2D eigenvalue weighted by Gasteiger charge is 2.12. The Hall–Kier alpha value is -0.0800. The summed E-state index contributed by atoms with van der Waals surface area (Å²) in [5, 5.41) is 0. The molecule has 0 aromatic rings. The predicted octanol–water partition coefficient (Wildman–Crippen LogP) is 4.36. The van der Waals surface area contributed by atoms with Gasteiger partial charge >= 0.3 is 0 Å². The van der Waals surface area contributed by atoms with Gasteiger partial charge in [-0.15, -0.1) is 0 Å². The van der Waals surface area contributed by atoms with Gasteiger partial charge in [0.1, 0.15) is 0 Å². The van der Waals surface area contributed by atoms with Gasteiger partial charge < -0.3 is 11.5 Å². The van der Waals surface area contributed by atoms with Crippen LogP contribution in [0.4, 0.5) is 0 Å². The van der Waals surface area contributed by atoms with Crippen molar-refractivity contribution in [2.24, 2.45) is 11.5 Å². The van der Waals surface area contributed by atoms with Crippen LogP contribution in [0.25, 0.3) is 0 Å². The molecule has 0 aromatic heterocycles. The lowest BCUT2D eigenvalue weighted by Crippen LogP contribution is -2.41. The molecule has 0 aliphatic rings. The minimum Gasteiger partial charge on any atom is -0.326 e. The van der Waals surface area contributed by atoms with Crippen molar-refractivity contribution in [2.75, 3.05) is 0 Å².